The Morgan fingerprint density at radius 3 is 2.22 bits per heavy atom. The van der Waals surface area contributed by atoms with Crippen molar-refractivity contribution < 1.29 is 9.84 Å². The van der Waals surface area contributed by atoms with Crippen LogP contribution in [0.4, 0.5) is 0 Å². The molecule has 2 aromatic rings. The number of ether oxygens (including phenoxy) is 1. The molecular weight excluding hydrogens is 292 g/mol. The summed E-state index contributed by atoms with van der Waals surface area (Å²) in [6, 6.07) is 13.3. The van der Waals surface area contributed by atoms with Crippen molar-refractivity contribution in [1.82, 2.24) is 0 Å². The third-order valence-corrected chi connectivity index (χ3v) is 3.62. The Morgan fingerprint density at radius 1 is 1.06 bits per heavy atom. The Kier molecular flexibility index (Phi) is 4.04. The molecule has 0 aliphatic heterocycles. The SMILES string of the molecule is Cc1cc(Oc2ccc(C(C)O)cc2)ccc1Br. The summed E-state index contributed by atoms with van der Waals surface area (Å²) in [6.07, 6.45) is -0.450. The van der Waals surface area contributed by atoms with Gasteiger partial charge in [0.15, 0.2) is 0 Å². The molecule has 0 heterocycles. The van der Waals surface area contributed by atoms with Gasteiger partial charge in [-0.25, -0.2) is 0 Å². The van der Waals surface area contributed by atoms with Crippen LogP contribution in [0.3, 0.4) is 0 Å². The first-order valence-electron chi connectivity index (χ1n) is 5.78. The lowest BCUT2D eigenvalue weighted by molar-refractivity contribution is 0.199. The van der Waals surface area contributed by atoms with Crippen LogP contribution in [0.1, 0.15) is 24.2 Å². The van der Waals surface area contributed by atoms with Gasteiger partial charge in [0.25, 0.3) is 0 Å². The van der Waals surface area contributed by atoms with Gasteiger partial charge in [0.05, 0.1) is 6.10 Å². The van der Waals surface area contributed by atoms with E-state index < -0.39 is 6.10 Å². The predicted molar refractivity (Wildman–Crippen MR) is 76.0 cm³/mol. The predicted octanol–water partition coefficient (Wildman–Crippen LogP) is 4.60. The van der Waals surface area contributed by atoms with Crippen molar-refractivity contribution in [3.05, 3.63) is 58.1 Å². The summed E-state index contributed by atoms with van der Waals surface area (Å²) in [5.41, 5.74) is 2.02. The third-order valence-electron chi connectivity index (χ3n) is 2.73. The van der Waals surface area contributed by atoms with Crippen molar-refractivity contribution in [2.75, 3.05) is 0 Å². The summed E-state index contributed by atoms with van der Waals surface area (Å²) in [5.74, 6) is 1.57. The van der Waals surface area contributed by atoms with E-state index in [1.807, 2.05) is 49.4 Å². The lowest BCUT2D eigenvalue weighted by atomic mass is 10.1. The van der Waals surface area contributed by atoms with Crippen LogP contribution in [-0.4, -0.2) is 5.11 Å². The van der Waals surface area contributed by atoms with Crippen LogP contribution in [-0.2, 0) is 0 Å². The molecule has 1 unspecified atom stereocenters. The lowest BCUT2D eigenvalue weighted by Gasteiger charge is -2.09. The number of hydrogen-bond donors (Lipinski definition) is 1. The fourth-order valence-corrected chi connectivity index (χ4v) is 1.88. The van der Waals surface area contributed by atoms with Crippen molar-refractivity contribution in [3.63, 3.8) is 0 Å². The van der Waals surface area contributed by atoms with Crippen LogP contribution < -0.4 is 4.74 Å². The van der Waals surface area contributed by atoms with E-state index in [2.05, 4.69) is 15.9 Å². The van der Waals surface area contributed by atoms with E-state index in [0.29, 0.717) is 0 Å². The van der Waals surface area contributed by atoms with Gasteiger partial charge >= 0.3 is 0 Å². The molecule has 0 saturated carbocycles. The largest absolute Gasteiger partial charge is 0.457 e. The van der Waals surface area contributed by atoms with Crippen LogP contribution in [0, 0.1) is 6.92 Å². The van der Waals surface area contributed by atoms with Gasteiger partial charge in [-0.05, 0) is 55.3 Å². The van der Waals surface area contributed by atoms with Crippen molar-refractivity contribution >= 4 is 15.9 Å². The molecule has 94 valence electrons. The summed E-state index contributed by atoms with van der Waals surface area (Å²) in [4.78, 5) is 0. The Balaban J connectivity index is 2.15. The highest BCUT2D eigenvalue weighted by molar-refractivity contribution is 9.10. The number of hydrogen-bond acceptors (Lipinski definition) is 2. The van der Waals surface area contributed by atoms with Crippen LogP contribution in [0.25, 0.3) is 0 Å². The molecule has 0 bridgehead atoms. The topological polar surface area (TPSA) is 29.5 Å². The maximum atomic E-state index is 9.43. The normalized spacial score (nSPS) is 12.2. The Hall–Kier alpha value is -1.32. The van der Waals surface area contributed by atoms with Crippen molar-refractivity contribution in [2.24, 2.45) is 0 Å². The van der Waals surface area contributed by atoms with Gasteiger partial charge in [-0.15, -0.1) is 0 Å². The minimum atomic E-state index is -0.450. The number of aryl methyl sites for hydroxylation is 1. The summed E-state index contributed by atoms with van der Waals surface area (Å²) in [7, 11) is 0. The van der Waals surface area contributed by atoms with Gasteiger partial charge in [-0.3, -0.25) is 0 Å². The third kappa shape index (κ3) is 3.12. The molecule has 0 aliphatic carbocycles. The van der Waals surface area contributed by atoms with Gasteiger partial charge in [0.1, 0.15) is 11.5 Å². The quantitative estimate of drug-likeness (QED) is 0.897. The van der Waals surface area contributed by atoms with E-state index in [0.717, 1.165) is 27.1 Å². The first-order chi connectivity index (χ1) is 8.56. The lowest BCUT2D eigenvalue weighted by Crippen LogP contribution is -1.91. The molecule has 0 aromatic heterocycles. The first kappa shape index (κ1) is 13.1. The molecule has 0 fully saturated rings. The van der Waals surface area contributed by atoms with E-state index in [1.165, 1.54) is 0 Å². The Morgan fingerprint density at radius 2 is 1.67 bits per heavy atom. The number of aliphatic hydroxyl groups is 1. The highest BCUT2D eigenvalue weighted by Gasteiger charge is 2.03. The van der Waals surface area contributed by atoms with Crippen molar-refractivity contribution in [2.45, 2.75) is 20.0 Å². The molecule has 0 spiro atoms. The second kappa shape index (κ2) is 5.55. The van der Waals surface area contributed by atoms with Gasteiger partial charge in [0.2, 0.25) is 0 Å². The highest BCUT2D eigenvalue weighted by Crippen LogP contribution is 2.27. The average molecular weight is 307 g/mol. The molecule has 0 amide bonds. The Labute approximate surface area is 115 Å². The molecule has 0 saturated heterocycles. The molecule has 18 heavy (non-hydrogen) atoms. The maximum absolute atomic E-state index is 9.43. The highest BCUT2D eigenvalue weighted by atomic mass is 79.9. The molecular formula is C15H15BrO2. The molecule has 1 atom stereocenters. The summed E-state index contributed by atoms with van der Waals surface area (Å²) in [5, 5.41) is 9.43. The maximum Gasteiger partial charge on any atom is 0.127 e. The fourth-order valence-electron chi connectivity index (χ4n) is 1.63. The Bertz CT molecular complexity index is 533. The second-order valence-corrected chi connectivity index (χ2v) is 5.11. The molecule has 0 radical (unpaired) electrons. The van der Waals surface area contributed by atoms with Crippen molar-refractivity contribution in [1.29, 1.82) is 0 Å². The molecule has 2 nitrogen and oxygen atoms in total. The summed E-state index contributed by atoms with van der Waals surface area (Å²) in [6.45, 7) is 3.77. The van der Waals surface area contributed by atoms with E-state index in [1.54, 1.807) is 6.92 Å². The number of aliphatic hydroxyl groups excluding tert-OH is 1. The smallest absolute Gasteiger partial charge is 0.127 e. The molecule has 1 N–H and O–H groups in total. The minimum absolute atomic E-state index is 0.450. The van der Waals surface area contributed by atoms with Gasteiger partial charge < -0.3 is 9.84 Å². The standard InChI is InChI=1S/C15H15BrO2/c1-10-9-14(7-8-15(10)16)18-13-5-3-12(4-6-13)11(2)17/h3-9,11,17H,1-2H3. The molecule has 0 aliphatic rings. The van der Waals surface area contributed by atoms with Crippen molar-refractivity contribution in [3.8, 4) is 11.5 Å². The van der Waals surface area contributed by atoms with E-state index in [-0.39, 0.29) is 0 Å². The second-order valence-electron chi connectivity index (χ2n) is 4.26. The van der Waals surface area contributed by atoms with Crippen LogP contribution in [0.5, 0.6) is 11.5 Å². The van der Waals surface area contributed by atoms with Crippen LogP contribution in [0.15, 0.2) is 46.9 Å². The number of benzene rings is 2. The zero-order chi connectivity index (χ0) is 13.1. The minimum Gasteiger partial charge on any atom is -0.457 e. The molecule has 2 aromatic carbocycles. The number of halogens is 1. The van der Waals surface area contributed by atoms with Gasteiger partial charge in [-0.1, -0.05) is 28.1 Å². The molecule has 2 rings (SSSR count). The molecule has 3 heteroatoms. The fraction of sp³-hybridized carbons (Fsp3) is 0.200. The zero-order valence-corrected chi connectivity index (χ0v) is 11.9. The monoisotopic (exact) mass is 306 g/mol. The number of rotatable bonds is 3. The van der Waals surface area contributed by atoms with Crippen LogP contribution in [0.2, 0.25) is 0 Å². The van der Waals surface area contributed by atoms with E-state index >= 15 is 0 Å². The van der Waals surface area contributed by atoms with Crippen LogP contribution >= 0.6 is 15.9 Å². The zero-order valence-electron chi connectivity index (χ0n) is 10.4. The van der Waals surface area contributed by atoms with E-state index in [4.69, 9.17) is 4.74 Å². The van der Waals surface area contributed by atoms with Gasteiger partial charge in [-0.2, -0.15) is 0 Å². The average Bonchev–Trinajstić information content (AvgIpc) is 2.34. The first-order valence-corrected chi connectivity index (χ1v) is 6.57. The van der Waals surface area contributed by atoms with E-state index in [9.17, 15) is 5.11 Å². The van der Waals surface area contributed by atoms with Gasteiger partial charge in [0, 0.05) is 4.47 Å². The summed E-state index contributed by atoms with van der Waals surface area (Å²) < 4.78 is 6.82. The summed E-state index contributed by atoms with van der Waals surface area (Å²) >= 11 is 3.46.